The van der Waals surface area contributed by atoms with Crippen LogP contribution in [-0.2, 0) is 14.9 Å². The van der Waals surface area contributed by atoms with Gasteiger partial charge >= 0.3 is 7.12 Å². The van der Waals surface area contributed by atoms with Crippen LogP contribution in [-0.4, -0.2) is 75.0 Å². The Morgan fingerprint density at radius 3 is 2.21 bits per heavy atom. The minimum absolute atomic E-state index is 0.297. The molecule has 130 valence electrons. The summed E-state index contributed by atoms with van der Waals surface area (Å²) in [6, 6.07) is 8.24. The molecule has 0 aromatic heterocycles. The Hall–Kier alpha value is -0.915. The Balaban J connectivity index is 1.48. The van der Waals surface area contributed by atoms with Crippen LogP contribution in [0, 0.1) is 5.92 Å². The first kappa shape index (κ1) is 16.5. The maximum atomic E-state index is 11.2. The molecule has 2 bridgehead atoms. The van der Waals surface area contributed by atoms with Gasteiger partial charge in [-0.15, -0.1) is 0 Å². The zero-order chi connectivity index (χ0) is 16.6. The van der Waals surface area contributed by atoms with Crippen LogP contribution < -0.4 is 5.46 Å². The summed E-state index contributed by atoms with van der Waals surface area (Å²) in [5.74, 6) is 0.387. The van der Waals surface area contributed by atoms with Gasteiger partial charge in [-0.25, -0.2) is 0 Å². The van der Waals surface area contributed by atoms with E-state index in [1.807, 2.05) is 0 Å². The van der Waals surface area contributed by atoms with Crippen LogP contribution in [0.2, 0.25) is 0 Å². The van der Waals surface area contributed by atoms with Crippen LogP contribution in [0.25, 0.3) is 0 Å². The van der Waals surface area contributed by atoms with Crippen molar-refractivity contribution in [3.05, 3.63) is 29.8 Å². The molecule has 4 aliphatic heterocycles. The molecule has 1 aromatic carbocycles. The Bertz CT molecular complexity index is 552. The lowest BCUT2D eigenvalue weighted by Gasteiger charge is -2.50. The van der Waals surface area contributed by atoms with Crippen molar-refractivity contribution < 1.29 is 14.4 Å². The molecule has 0 amide bonds. The average Bonchev–Trinajstić information content (AvgIpc) is 2.59. The third-order valence-electron chi connectivity index (χ3n) is 5.89. The molecule has 1 N–H and O–H groups in total. The highest BCUT2D eigenvalue weighted by Gasteiger charge is 2.46. The van der Waals surface area contributed by atoms with Gasteiger partial charge in [-0.05, 0) is 49.9 Å². The third-order valence-corrected chi connectivity index (χ3v) is 5.89. The summed E-state index contributed by atoms with van der Waals surface area (Å²) in [5.41, 5.74) is 1.37. The second kappa shape index (κ2) is 6.77. The van der Waals surface area contributed by atoms with E-state index in [-0.39, 0.29) is 7.12 Å². The van der Waals surface area contributed by atoms with Gasteiger partial charge in [-0.1, -0.05) is 24.3 Å². The maximum absolute atomic E-state index is 11.2. The van der Waals surface area contributed by atoms with Crippen molar-refractivity contribution in [2.45, 2.75) is 18.4 Å². The first-order chi connectivity index (χ1) is 11.6. The molecular formula is C18H27BN2O3. The Morgan fingerprint density at radius 2 is 1.67 bits per heavy atom. The van der Waals surface area contributed by atoms with Gasteiger partial charge in [0.2, 0.25) is 0 Å². The molecule has 0 saturated carbocycles. The van der Waals surface area contributed by atoms with Crippen molar-refractivity contribution in [2.75, 3.05) is 53.0 Å². The molecule has 1 aromatic rings. The van der Waals surface area contributed by atoms with E-state index in [4.69, 9.17) is 9.31 Å². The predicted molar refractivity (Wildman–Crippen MR) is 94.3 cm³/mol. The summed E-state index contributed by atoms with van der Waals surface area (Å²) >= 11 is 0. The molecule has 6 heteroatoms. The van der Waals surface area contributed by atoms with Crippen molar-refractivity contribution >= 4 is 12.6 Å². The molecule has 5 nitrogen and oxygen atoms in total. The molecule has 4 heterocycles. The largest absolute Gasteiger partial charge is 0.493 e. The second-order valence-corrected chi connectivity index (χ2v) is 7.47. The Morgan fingerprint density at radius 1 is 1.04 bits per heavy atom. The topological polar surface area (TPSA) is 45.2 Å². The van der Waals surface area contributed by atoms with Crippen LogP contribution in [0.4, 0.5) is 0 Å². The van der Waals surface area contributed by atoms with E-state index in [1.165, 1.54) is 0 Å². The molecule has 24 heavy (non-hydrogen) atoms. The van der Waals surface area contributed by atoms with Crippen molar-refractivity contribution in [1.82, 2.24) is 9.80 Å². The van der Waals surface area contributed by atoms with Crippen LogP contribution in [0.1, 0.15) is 18.4 Å². The van der Waals surface area contributed by atoms with E-state index in [2.05, 4.69) is 41.1 Å². The number of hydrogen-bond donors (Lipinski definition) is 1. The highest BCUT2D eigenvalue weighted by molar-refractivity contribution is 6.61. The molecule has 4 aliphatic rings. The molecule has 0 spiro atoms. The predicted octanol–water partition coefficient (Wildman–Crippen LogP) is 0.274. The quantitative estimate of drug-likeness (QED) is 0.789. The van der Waals surface area contributed by atoms with Crippen molar-refractivity contribution in [2.24, 2.45) is 5.92 Å². The van der Waals surface area contributed by atoms with Gasteiger partial charge < -0.3 is 24.2 Å². The molecule has 0 radical (unpaired) electrons. The minimum atomic E-state index is -0.694. The summed E-state index contributed by atoms with van der Waals surface area (Å²) in [4.78, 5) is 4.59. The second-order valence-electron chi connectivity index (χ2n) is 7.47. The molecule has 4 fully saturated rings. The van der Waals surface area contributed by atoms with E-state index in [0.29, 0.717) is 19.1 Å². The molecule has 0 aliphatic carbocycles. The fourth-order valence-electron chi connectivity index (χ4n) is 4.28. The van der Waals surface area contributed by atoms with E-state index < -0.39 is 5.60 Å². The number of aliphatic hydroxyl groups is 1. The summed E-state index contributed by atoms with van der Waals surface area (Å²) in [5, 5.41) is 11.2. The summed E-state index contributed by atoms with van der Waals surface area (Å²) in [6.45, 7) is 6.21. The fraction of sp³-hybridized carbons (Fsp3) is 0.667. The number of nitrogens with zero attached hydrogens (tertiary/aromatic N) is 2. The first-order valence-corrected chi connectivity index (χ1v) is 9.12. The van der Waals surface area contributed by atoms with Crippen LogP contribution in [0.15, 0.2) is 24.3 Å². The monoisotopic (exact) mass is 330 g/mol. The smallest absolute Gasteiger partial charge is 0.406 e. The third kappa shape index (κ3) is 3.14. The molecule has 0 unspecified atom stereocenters. The van der Waals surface area contributed by atoms with Crippen molar-refractivity contribution in [3.8, 4) is 0 Å². The SMILES string of the molecule is CN1CCOB(c2ccc([C@@]3(O)CN4CCC3CC4)cc2)OCC1. The average molecular weight is 330 g/mol. The summed E-state index contributed by atoms with van der Waals surface area (Å²) < 4.78 is 11.7. The number of piperidine rings is 3. The maximum Gasteiger partial charge on any atom is 0.493 e. The zero-order valence-electron chi connectivity index (χ0n) is 14.5. The molecular weight excluding hydrogens is 303 g/mol. The van der Waals surface area contributed by atoms with Crippen molar-refractivity contribution in [3.63, 3.8) is 0 Å². The summed E-state index contributed by atoms with van der Waals surface area (Å²) in [7, 11) is 1.78. The number of benzene rings is 1. The standard InChI is InChI=1S/C18H27BN2O3/c1-20-10-12-23-19(24-13-11-20)17-4-2-15(3-5-17)18(22)14-21-8-6-16(18)7-9-21/h2-5,16,22H,6-14H2,1H3/t18-/m0/s1. The van der Waals surface area contributed by atoms with Crippen molar-refractivity contribution in [1.29, 1.82) is 0 Å². The fourth-order valence-corrected chi connectivity index (χ4v) is 4.28. The lowest BCUT2D eigenvalue weighted by molar-refractivity contribution is -0.117. The van der Waals surface area contributed by atoms with Crippen LogP contribution in [0.3, 0.4) is 0 Å². The highest BCUT2D eigenvalue weighted by Crippen LogP contribution is 2.42. The molecule has 4 saturated heterocycles. The van der Waals surface area contributed by atoms with E-state index >= 15 is 0 Å². The van der Waals surface area contributed by atoms with Gasteiger partial charge in [0.25, 0.3) is 0 Å². The van der Waals surface area contributed by atoms with Gasteiger partial charge in [0.15, 0.2) is 0 Å². The van der Waals surface area contributed by atoms with Gasteiger partial charge in [-0.3, -0.25) is 0 Å². The molecule has 1 atom stereocenters. The Labute approximate surface area is 144 Å². The number of fused-ring (bicyclic) bond motifs is 3. The van der Waals surface area contributed by atoms with Gasteiger partial charge in [0.1, 0.15) is 5.60 Å². The number of hydrogen-bond acceptors (Lipinski definition) is 5. The first-order valence-electron chi connectivity index (χ1n) is 9.12. The number of likely N-dealkylation sites (N-methyl/N-ethyl adjacent to an activating group) is 1. The highest BCUT2D eigenvalue weighted by atomic mass is 16.6. The lowest BCUT2D eigenvalue weighted by atomic mass is 9.70. The minimum Gasteiger partial charge on any atom is -0.406 e. The zero-order valence-corrected chi connectivity index (χ0v) is 14.5. The van der Waals surface area contributed by atoms with Gasteiger partial charge in [0, 0.05) is 32.8 Å². The molecule has 5 rings (SSSR count). The van der Waals surface area contributed by atoms with E-state index in [1.54, 1.807) is 0 Å². The van der Waals surface area contributed by atoms with E-state index in [0.717, 1.165) is 56.6 Å². The van der Waals surface area contributed by atoms with E-state index in [9.17, 15) is 5.11 Å². The Kier molecular flexibility index (Phi) is 4.67. The lowest BCUT2D eigenvalue weighted by Crippen LogP contribution is -2.57. The van der Waals surface area contributed by atoms with Crippen LogP contribution >= 0.6 is 0 Å². The summed E-state index contributed by atoms with van der Waals surface area (Å²) in [6.07, 6.45) is 2.20. The van der Waals surface area contributed by atoms with Crippen LogP contribution in [0.5, 0.6) is 0 Å². The normalized spacial score (nSPS) is 34.8. The van der Waals surface area contributed by atoms with Gasteiger partial charge in [-0.2, -0.15) is 0 Å². The number of rotatable bonds is 2. The van der Waals surface area contributed by atoms with Gasteiger partial charge in [0.05, 0.1) is 0 Å².